The molecule has 8 aliphatic heterocycles. The highest BCUT2D eigenvalue weighted by atomic mass is 16.5. The van der Waals surface area contributed by atoms with Gasteiger partial charge in [-0.3, -0.25) is 102 Å². The van der Waals surface area contributed by atoms with Crippen molar-refractivity contribution in [3.63, 3.8) is 0 Å². The predicted octanol–water partition coefficient (Wildman–Crippen LogP) is 13.8. The lowest BCUT2D eigenvalue weighted by atomic mass is 9.87. The standard InChI is InChI=1S/C57H70N6O9.C38H52N4O3.C18H19N3O7.CH4/c1-5-62(43-19-28-71-29-20-43)50-35-42(34-47(39(50)4)51(65)17-15-45-38(3)32-37(2)33-52(45)66)41-13-11-40(12-14-41)36-61-26-24-60(25-27-61)23-7-8-44(64)21-30-72-31-22-58-48-10-6-9-46-54(48)57(70)63(56(46)69)49-16-18-53(67)59-55(49)68;1-5-42(33-12-20-45-21-13-33)36-25-32(31-8-6-30(7-9-31)26-41-18-16-40(15-14-39)17-19-41)24-35(29(36)4)37(43)11-10-34-28(3)22-27(2)23-38(34)44;22-13-5-4-12(16(25)20-13)21-17(26)10-2-1-3-11(15(10)18(21)27)19-7-9-28-8-6-14(23)24;/h6,9-14,32,34-35,43,49,58H,5,7-8,15-31,33,36H2,1-4H3,(H,59,67,68);6-9,22,24-25,33H,5,10-21,23,26,39H2,1-4H3;1-3,12,19H,4-9H2,(H,23,24)(H,20,22,25);1H4. The number of nitrogens with zero attached hydrogens (tertiary/aromatic N) is 8. The van der Waals surface area contributed by atoms with E-state index in [4.69, 9.17) is 29.8 Å². The molecule has 8 amide bonds. The second kappa shape index (κ2) is 52.7. The van der Waals surface area contributed by atoms with E-state index in [9.17, 15) is 67.1 Å². The Balaban J connectivity index is 0.000000204. The Kier molecular flexibility index (Phi) is 40.0. The van der Waals surface area contributed by atoms with Crippen molar-refractivity contribution in [2.24, 2.45) is 5.73 Å². The van der Waals surface area contributed by atoms with Crippen LogP contribution in [-0.4, -0.2) is 292 Å². The number of piperidine rings is 2. The fourth-order valence-corrected chi connectivity index (χ4v) is 21.4. The van der Waals surface area contributed by atoms with E-state index in [2.05, 4.69) is 163 Å². The molecule has 2 unspecified atom stereocenters. The molecule has 8 heterocycles. The third-order valence-electron chi connectivity index (χ3n) is 29.3. The lowest BCUT2D eigenvalue weighted by Crippen LogP contribution is -2.54. The van der Waals surface area contributed by atoms with Crippen molar-refractivity contribution >= 4 is 105 Å². The molecule has 0 radical (unpaired) electrons. The molecule has 2 atom stereocenters. The van der Waals surface area contributed by atoms with Gasteiger partial charge in [0.2, 0.25) is 23.6 Å². The summed E-state index contributed by atoms with van der Waals surface area (Å²) < 4.78 is 22.3. The molecule has 6 aromatic rings. The third kappa shape index (κ3) is 28.1. The number of carboxylic acid groups (broad SMARTS) is 1. The summed E-state index contributed by atoms with van der Waals surface area (Å²) in [6.07, 6.45) is 12.2. The Bertz CT molecular complexity index is 5950. The number of rotatable bonds is 42. The van der Waals surface area contributed by atoms with E-state index in [0.717, 1.165) is 256 Å². The second-order valence-corrected chi connectivity index (χ2v) is 39.3. The number of ketones is 5. The number of hydrogen-bond donors (Lipinski definition) is 6. The van der Waals surface area contributed by atoms with E-state index >= 15 is 0 Å². The lowest BCUT2D eigenvalue weighted by molar-refractivity contribution is -0.138. The van der Waals surface area contributed by atoms with E-state index < -0.39 is 65.3 Å². The normalized spacial score (nSPS) is 18.9. The van der Waals surface area contributed by atoms with Crippen molar-refractivity contribution in [1.82, 2.24) is 40.0 Å². The van der Waals surface area contributed by atoms with Gasteiger partial charge in [-0.2, -0.15) is 0 Å². The smallest absolute Gasteiger partial charge is 0.305 e. The minimum absolute atomic E-state index is 0. The molecular formula is C114H145N13O19. The largest absolute Gasteiger partial charge is 0.481 e. The zero-order valence-corrected chi connectivity index (χ0v) is 85.2. The molecule has 10 aliphatic rings. The van der Waals surface area contributed by atoms with Gasteiger partial charge in [0.15, 0.2) is 23.1 Å². The maximum atomic E-state index is 14.1. The molecule has 16 rings (SSSR count). The van der Waals surface area contributed by atoms with Crippen LogP contribution in [0.2, 0.25) is 0 Å². The molecule has 7 N–H and O–H groups in total. The van der Waals surface area contributed by atoms with Gasteiger partial charge < -0.3 is 55.1 Å². The quantitative estimate of drug-likeness (QED) is 0.0118. The summed E-state index contributed by atoms with van der Waals surface area (Å²) >= 11 is 0. The van der Waals surface area contributed by atoms with Crippen LogP contribution in [0.5, 0.6) is 0 Å². The number of hydrogen-bond acceptors (Lipinski definition) is 27. The van der Waals surface area contributed by atoms with E-state index in [0.29, 0.717) is 88.1 Å². The average Bonchev–Trinajstić information content (AvgIpc) is 1.56. The van der Waals surface area contributed by atoms with Crippen LogP contribution in [0.1, 0.15) is 249 Å². The highest BCUT2D eigenvalue weighted by molar-refractivity contribution is 6.27. The molecule has 6 fully saturated rings. The summed E-state index contributed by atoms with van der Waals surface area (Å²) in [5.41, 5.74) is 25.6. The molecule has 780 valence electrons. The summed E-state index contributed by atoms with van der Waals surface area (Å²) in [7, 11) is 0. The minimum atomic E-state index is -1.03. The Morgan fingerprint density at radius 1 is 0.466 bits per heavy atom. The lowest BCUT2D eigenvalue weighted by Gasteiger charge is -2.37. The van der Waals surface area contributed by atoms with Crippen LogP contribution in [-0.2, 0) is 70.4 Å². The maximum absolute atomic E-state index is 14.1. The van der Waals surface area contributed by atoms with Gasteiger partial charge in [-0.25, -0.2) is 0 Å². The van der Waals surface area contributed by atoms with Gasteiger partial charge in [0.1, 0.15) is 17.9 Å². The molecule has 6 aromatic carbocycles. The predicted molar refractivity (Wildman–Crippen MR) is 561 cm³/mol. The second-order valence-electron chi connectivity index (χ2n) is 39.3. The number of ether oxygens (including phenoxy) is 4. The number of nitrogens with two attached hydrogens (primary N) is 1. The van der Waals surface area contributed by atoms with E-state index in [1.807, 2.05) is 27.7 Å². The molecule has 2 aliphatic carbocycles. The maximum Gasteiger partial charge on any atom is 0.305 e. The fraction of sp³-hybridized carbons (Fsp3) is 0.491. The molecule has 32 nitrogen and oxygen atoms in total. The first-order chi connectivity index (χ1) is 69.9. The number of Topliss-reactive ketones (excluding diaryl/α,β-unsaturated/α-hetero) is 5. The van der Waals surface area contributed by atoms with Crippen molar-refractivity contribution in [2.45, 2.75) is 216 Å². The number of amides is 8. The van der Waals surface area contributed by atoms with Gasteiger partial charge in [-0.15, -0.1) is 0 Å². The number of carboxylic acids is 1. The van der Waals surface area contributed by atoms with Crippen LogP contribution in [0.4, 0.5) is 22.7 Å². The van der Waals surface area contributed by atoms with Crippen molar-refractivity contribution in [3.8, 4) is 22.3 Å². The monoisotopic (exact) mass is 2000 g/mol. The van der Waals surface area contributed by atoms with Crippen molar-refractivity contribution in [1.29, 1.82) is 0 Å². The summed E-state index contributed by atoms with van der Waals surface area (Å²) in [6, 6.07) is 34.6. The van der Waals surface area contributed by atoms with E-state index in [1.165, 1.54) is 17.2 Å². The molecule has 146 heavy (non-hydrogen) atoms. The van der Waals surface area contributed by atoms with Crippen molar-refractivity contribution in [2.75, 3.05) is 171 Å². The molecule has 0 aromatic heterocycles. The van der Waals surface area contributed by atoms with Gasteiger partial charge in [0.25, 0.3) is 23.6 Å². The number of anilines is 4. The fourth-order valence-electron chi connectivity index (χ4n) is 21.4. The number of carbonyl (C=O) groups is 14. The molecule has 0 saturated carbocycles. The molecule has 0 spiro atoms. The average molecular weight is 2000 g/mol. The molecular weight excluding hydrogens is 1860 g/mol. The van der Waals surface area contributed by atoms with Gasteiger partial charge in [-0.1, -0.05) is 91.4 Å². The third-order valence-corrected chi connectivity index (χ3v) is 29.3. The Morgan fingerprint density at radius 2 is 0.863 bits per heavy atom. The number of imide groups is 4. The van der Waals surface area contributed by atoms with Crippen molar-refractivity contribution < 1.29 is 91.2 Å². The first-order valence-electron chi connectivity index (χ1n) is 51.6. The summed E-state index contributed by atoms with van der Waals surface area (Å²) in [5, 5.41) is 19.1. The summed E-state index contributed by atoms with van der Waals surface area (Å²) in [5.74, 6) is -4.81. The van der Waals surface area contributed by atoms with Crippen LogP contribution in [0.3, 0.4) is 0 Å². The van der Waals surface area contributed by atoms with Gasteiger partial charge >= 0.3 is 5.97 Å². The highest BCUT2D eigenvalue weighted by Crippen LogP contribution is 2.41. The number of fused-ring (bicyclic) bond motifs is 2. The van der Waals surface area contributed by atoms with Crippen LogP contribution >= 0.6 is 0 Å². The Hall–Kier alpha value is -12.5. The Morgan fingerprint density at radius 3 is 1.25 bits per heavy atom. The number of piperazine rings is 2. The summed E-state index contributed by atoms with van der Waals surface area (Å²) in [6.45, 7) is 35.0. The number of carbonyl (C=O) groups excluding carboxylic acids is 13. The number of allylic oxidation sites excluding steroid dienone is 8. The Labute approximate surface area is 857 Å². The van der Waals surface area contributed by atoms with Gasteiger partial charge in [-0.05, 0) is 235 Å². The molecule has 6 saturated heterocycles. The number of benzene rings is 6. The highest BCUT2D eigenvalue weighted by Gasteiger charge is 2.48. The van der Waals surface area contributed by atoms with Crippen LogP contribution in [0.15, 0.2) is 155 Å². The first kappa shape index (κ1) is 111. The molecule has 0 bridgehead atoms. The number of aliphatic carboxylic acids is 1. The van der Waals surface area contributed by atoms with Crippen LogP contribution < -0.4 is 36.8 Å². The van der Waals surface area contributed by atoms with Crippen LogP contribution in [0, 0.1) is 13.8 Å². The number of nitrogens with one attached hydrogen (secondary N) is 4. The van der Waals surface area contributed by atoms with Gasteiger partial charge in [0, 0.05) is 228 Å². The summed E-state index contributed by atoms with van der Waals surface area (Å²) in [4.78, 5) is 193. The topological polar surface area (TPSA) is 396 Å². The van der Waals surface area contributed by atoms with Crippen LogP contribution in [0.25, 0.3) is 22.3 Å². The van der Waals surface area contributed by atoms with E-state index in [-0.39, 0.29) is 117 Å². The zero-order valence-electron chi connectivity index (χ0n) is 85.2. The SMILES string of the molecule is C.CCN(c1cc(-c2ccc(CN3CCN(CCCC(=O)CCOCCNc4cccc5c4C(=O)N(C4CCC(=O)NC4=O)C5=O)CC3)cc2)cc(C(=O)CCC2=C(C)C=C(C)CC2=O)c1C)C1CCOCC1.CCN(c1cc(-c2ccc(CN3CCN(CCN)CC3)cc2)cc(C(=O)CCC2=C(C)C=C(C)CC2=O)c1C)C1CCOCC1.O=C(O)CCOCCNc1cccc2c1C(=O)N(C1CCC(=O)NC1=O)C2=O. The molecule has 32 heteroatoms. The van der Waals surface area contributed by atoms with E-state index in [1.54, 1.807) is 30.3 Å². The first-order valence-corrected chi connectivity index (χ1v) is 51.6. The van der Waals surface area contributed by atoms with Crippen molar-refractivity contribution in [3.05, 3.63) is 210 Å². The van der Waals surface area contributed by atoms with Gasteiger partial charge in [0.05, 0.1) is 55.1 Å². The zero-order chi connectivity index (χ0) is 103. The minimum Gasteiger partial charge on any atom is -0.481 e.